The first-order valence-electron chi connectivity index (χ1n) is 7.05. The molecule has 1 aliphatic carbocycles. The molecule has 0 heterocycles. The van der Waals surface area contributed by atoms with Crippen molar-refractivity contribution in [3.8, 4) is 0 Å². The van der Waals surface area contributed by atoms with Gasteiger partial charge in [0, 0.05) is 11.8 Å². The lowest BCUT2D eigenvalue weighted by Crippen LogP contribution is -2.38. The molecule has 2 heteroatoms. The molecule has 20 heavy (non-hydrogen) atoms. The Balaban J connectivity index is 1.96. The normalized spacial score (nSPS) is 26.6. The second-order valence-electron chi connectivity index (χ2n) is 5.62. The summed E-state index contributed by atoms with van der Waals surface area (Å²) in [5, 5.41) is 0. The zero-order valence-electron chi connectivity index (χ0n) is 12.1. The average Bonchev–Trinajstić information content (AvgIpc) is 2.48. The average molecular weight is 270 g/mol. The standard InChI is InChI=1S/C18H22O2/c1-4-18(3)14(2)17(19)11-10-16(18)13-20-12-15-8-6-5-7-9-15/h4-9,16H,1-2,10-13H2,3H3/t16-,18+/m0/s1. The Morgan fingerprint density at radius 2 is 2.10 bits per heavy atom. The molecule has 1 fully saturated rings. The third-order valence-electron chi connectivity index (χ3n) is 4.41. The van der Waals surface area contributed by atoms with Crippen molar-refractivity contribution < 1.29 is 9.53 Å². The number of rotatable bonds is 5. The van der Waals surface area contributed by atoms with E-state index in [-0.39, 0.29) is 17.1 Å². The second-order valence-corrected chi connectivity index (χ2v) is 5.62. The van der Waals surface area contributed by atoms with Gasteiger partial charge in [-0.3, -0.25) is 4.79 Å². The molecule has 0 spiro atoms. The molecule has 2 nitrogen and oxygen atoms in total. The highest BCUT2D eigenvalue weighted by atomic mass is 16.5. The van der Waals surface area contributed by atoms with Crippen LogP contribution < -0.4 is 0 Å². The molecule has 0 aromatic heterocycles. The summed E-state index contributed by atoms with van der Waals surface area (Å²) < 4.78 is 5.84. The maximum Gasteiger partial charge on any atom is 0.159 e. The van der Waals surface area contributed by atoms with E-state index in [0.717, 1.165) is 6.42 Å². The number of ketones is 1. The van der Waals surface area contributed by atoms with Crippen LogP contribution in [0.1, 0.15) is 25.3 Å². The summed E-state index contributed by atoms with van der Waals surface area (Å²) in [6, 6.07) is 10.1. The van der Waals surface area contributed by atoms with Crippen molar-refractivity contribution in [1.29, 1.82) is 0 Å². The van der Waals surface area contributed by atoms with Gasteiger partial charge in [-0.25, -0.2) is 0 Å². The van der Waals surface area contributed by atoms with Crippen LogP contribution in [0.2, 0.25) is 0 Å². The fraction of sp³-hybridized carbons (Fsp3) is 0.389. The van der Waals surface area contributed by atoms with Crippen molar-refractivity contribution >= 4 is 5.78 Å². The lowest BCUT2D eigenvalue weighted by Gasteiger charge is -2.40. The van der Waals surface area contributed by atoms with Crippen molar-refractivity contribution in [2.75, 3.05) is 6.61 Å². The summed E-state index contributed by atoms with van der Waals surface area (Å²) in [4.78, 5) is 11.8. The molecule has 0 saturated heterocycles. The number of ether oxygens (including phenoxy) is 1. The molecule has 0 radical (unpaired) electrons. The quantitative estimate of drug-likeness (QED) is 0.598. The van der Waals surface area contributed by atoms with E-state index in [1.807, 2.05) is 31.2 Å². The molecule has 2 rings (SSSR count). The molecule has 1 aromatic carbocycles. The van der Waals surface area contributed by atoms with Crippen molar-refractivity contribution in [2.45, 2.75) is 26.4 Å². The zero-order valence-corrected chi connectivity index (χ0v) is 12.1. The van der Waals surface area contributed by atoms with Gasteiger partial charge in [0.15, 0.2) is 5.78 Å². The van der Waals surface area contributed by atoms with Crippen LogP contribution in [0.15, 0.2) is 55.1 Å². The number of benzene rings is 1. The molecule has 0 bridgehead atoms. The lowest BCUT2D eigenvalue weighted by atomic mass is 9.65. The lowest BCUT2D eigenvalue weighted by molar-refractivity contribution is -0.119. The Bertz CT molecular complexity index is 503. The van der Waals surface area contributed by atoms with Crippen molar-refractivity contribution in [2.24, 2.45) is 11.3 Å². The Morgan fingerprint density at radius 1 is 1.40 bits per heavy atom. The Hall–Kier alpha value is -1.67. The molecular weight excluding hydrogens is 248 g/mol. The number of allylic oxidation sites excluding steroid dienone is 2. The van der Waals surface area contributed by atoms with Gasteiger partial charge in [0.25, 0.3) is 0 Å². The molecule has 106 valence electrons. The van der Waals surface area contributed by atoms with Crippen molar-refractivity contribution in [3.63, 3.8) is 0 Å². The highest BCUT2D eigenvalue weighted by Gasteiger charge is 2.40. The summed E-state index contributed by atoms with van der Waals surface area (Å²) in [5.41, 5.74) is 1.50. The first-order valence-corrected chi connectivity index (χ1v) is 7.05. The van der Waals surface area contributed by atoms with E-state index in [4.69, 9.17) is 4.74 Å². The Kier molecular flexibility index (Phi) is 4.56. The van der Waals surface area contributed by atoms with E-state index in [9.17, 15) is 4.79 Å². The summed E-state index contributed by atoms with van der Waals surface area (Å²) in [6.45, 7) is 11.1. The molecule has 2 atom stereocenters. The first-order chi connectivity index (χ1) is 9.58. The molecule has 1 saturated carbocycles. The van der Waals surface area contributed by atoms with E-state index in [1.165, 1.54) is 5.56 Å². The topological polar surface area (TPSA) is 26.3 Å². The van der Waals surface area contributed by atoms with Gasteiger partial charge in [0.1, 0.15) is 0 Å². The Morgan fingerprint density at radius 3 is 2.75 bits per heavy atom. The molecule has 1 aliphatic rings. The minimum atomic E-state index is -0.341. The fourth-order valence-corrected chi connectivity index (χ4v) is 2.74. The van der Waals surface area contributed by atoms with Crippen LogP contribution in [0.3, 0.4) is 0 Å². The first kappa shape index (κ1) is 14.7. The largest absolute Gasteiger partial charge is 0.376 e. The highest BCUT2D eigenvalue weighted by Crippen LogP contribution is 2.43. The van der Waals surface area contributed by atoms with Gasteiger partial charge in [-0.1, -0.05) is 49.9 Å². The highest BCUT2D eigenvalue weighted by molar-refractivity contribution is 5.97. The summed E-state index contributed by atoms with van der Waals surface area (Å²) >= 11 is 0. The van der Waals surface area contributed by atoms with E-state index in [2.05, 4.69) is 25.3 Å². The van der Waals surface area contributed by atoms with Crippen LogP contribution in [0.4, 0.5) is 0 Å². The van der Waals surface area contributed by atoms with Gasteiger partial charge >= 0.3 is 0 Å². The van der Waals surface area contributed by atoms with Gasteiger partial charge in [0.05, 0.1) is 13.2 Å². The van der Waals surface area contributed by atoms with Crippen LogP contribution in [0, 0.1) is 11.3 Å². The number of Topliss-reactive ketones (excluding diaryl/α,β-unsaturated/α-hetero) is 1. The van der Waals surface area contributed by atoms with E-state index < -0.39 is 0 Å². The molecule has 0 aliphatic heterocycles. The third kappa shape index (κ3) is 2.91. The molecular formula is C18H22O2. The Labute approximate surface area is 121 Å². The molecule has 0 N–H and O–H groups in total. The van der Waals surface area contributed by atoms with Gasteiger partial charge in [-0.2, -0.15) is 0 Å². The number of carbonyl (C=O) groups is 1. The minimum absolute atomic E-state index is 0.159. The van der Waals surface area contributed by atoms with Gasteiger partial charge in [-0.05, 0) is 23.5 Å². The monoisotopic (exact) mass is 270 g/mol. The number of carbonyl (C=O) groups excluding carboxylic acids is 1. The maximum absolute atomic E-state index is 11.8. The number of hydrogen-bond donors (Lipinski definition) is 0. The maximum atomic E-state index is 11.8. The van der Waals surface area contributed by atoms with E-state index in [1.54, 1.807) is 0 Å². The van der Waals surface area contributed by atoms with Crippen molar-refractivity contribution in [3.05, 3.63) is 60.7 Å². The van der Waals surface area contributed by atoms with Gasteiger partial charge in [-0.15, -0.1) is 6.58 Å². The van der Waals surface area contributed by atoms with Crippen LogP contribution in [0.25, 0.3) is 0 Å². The van der Waals surface area contributed by atoms with Gasteiger partial charge < -0.3 is 4.74 Å². The smallest absolute Gasteiger partial charge is 0.159 e. The fourth-order valence-electron chi connectivity index (χ4n) is 2.74. The van der Waals surface area contributed by atoms with E-state index in [0.29, 0.717) is 25.2 Å². The van der Waals surface area contributed by atoms with Crippen LogP contribution in [0.5, 0.6) is 0 Å². The minimum Gasteiger partial charge on any atom is -0.376 e. The van der Waals surface area contributed by atoms with Crippen molar-refractivity contribution in [1.82, 2.24) is 0 Å². The molecule has 0 amide bonds. The summed E-state index contributed by atoms with van der Waals surface area (Å²) in [7, 11) is 0. The zero-order chi connectivity index (χ0) is 14.6. The van der Waals surface area contributed by atoms with Crippen LogP contribution >= 0.6 is 0 Å². The summed E-state index contributed by atoms with van der Waals surface area (Å²) in [6.07, 6.45) is 3.26. The van der Waals surface area contributed by atoms with Gasteiger partial charge in [0.2, 0.25) is 0 Å². The predicted molar refractivity (Wildman–Crippen MR) is 81.3 cm³/mol. The number of hydrogen-bond acceptors (Lipinski definition) is 2. The summed E-state index contributed by atoms with van der Waals surface area (Å²) in [5.74, 6) is 0.431. The third-order valence-corrected chi connectivity index (χ3v) is 4.41. The van der Waals surface area contributed by atoms with Crippen LogP contribution in [-0.2, 0) is 16.1 Å². The molecule has 1 aromatic rings. The predicted octanol–water partition coefficient (Wildman–Crippen LogP) is 3.93. The van der Waals surface area contributed by atoms with Crippen LogP contribution in [-0.4, -0.2) is 12.4 Å². The molecule has 0 unspecified atom stereocenters. The SMILES string of the molecule is C=C[C@]1(C)C(=C)C(=O)CC[C@H]1COCc1ccccc1. The second kappa shape index (κ2) is 6.19. The van der Waals surface area contributed by atoms with E-state index >= 15 is 0 Å².